The minimum atomic E-state index is 0.490. The van der Waals surface area contributed by atoms with Crippen molar-refractivity contribution >= 4 is 35.1 Å². The summed E-state index contributed by atoms with van der Waals surface area (Å²) in [5, 5.41) is 4.62. The average Bonchev–Trinajstić information content (AvgIpc) is 3.17. The molecule has 0 bridgehead atoms. The fraction of sp³-hybridized carbons (Fsp3) is 0.571. The van der Waals surface area contributed by atoms with Crippen LogP contribution in [0.2, 0.25) is 5.02 Å². The Morgan fingerprint density at radius 1 is 1.50 bits per heavy atom. The third kappa shape index (κ3) is 2.69. The lowest BCUT2D eigenvalue weighted by atomic mass is 10.0. The Labute approximate surface area is 122 Å². The number of hydrogen-bond donors (Lipinski definition) is 1. The predicted molar refractivity (Wildman–Crippen MR) is 83.0 cm³/mol. The Morgan fingerprint density at radius 2 is 2.33 bits per heavy atom. The van der Waals surface area contributed by atoms with Gasteiger partial charge in [0.05, 0.1) is 0 Å². The maximum atomic E-state index is 6.13. The first-order chi connectivity index (χ1) is 8.72. The molecule has 0 spiro atoms. The molecule has 1 aromatic carbocycles. The van der Waals surface area contributed by atoms with Gasteiger partial charge in [0.25, 0.3) is 0 Å². The summed E-state index contributed by atoms with van der Waals surface area (Å²) in [5.41, 5.74) is 1.40. The molecule has 1 aliphatic heterocycles. The van der Waals surface area contributed by atoms with Gasteiger partial charge in [-0.15, -0.1) is 11.8 Å². The van der Waals surface area contributed by atoms with Gasteiger partial charge in [0, 0.05) is 27.3 Å². The van der Waals surface area contributed by atoms with Gasteiger partial charge in [0.1, 0.15) is 0 Å². The summed E-state index contributed by atoms with van der Waals surface area (Å²) in [5.74, 6) is 1.21. The predicted octanol–water partition coefficient (Wildman–Crippen LogP) is 4.36. The van der Waals surface area contributed by atoms with E-state index in [0.717, 1.165) is 11.6 Å². The fourth-order valence-corrected chi connectivity index (χ4v) is 4.50. The summed E-state index contributed by atoms with van der Waals surface area (Å²) in [7, 11) is 0. The molecule has 4 heteroatoms. The van der Waals surface area contributed by atoms with Crippen LogP contribution in [0.4, 0.5) is 0 Å². The van der Waals surface area contributed by atoms with E-state index in [-0.39, 0.29) is 0 Å². The van der Waals surface area contributed by atoms with Gasteiger partial charge in [-0.25, -0.2) is 0 Å². The maximum Gasteiger partial charge on any atom is 0.0410 e. The molecule has 1 atom stereocenters. The van der Waals surface area contributed by atoms with Crippen molar-refractivity contribution in [1.82, 2.24) is 5.32 Å². The van der Waals surface area contributed by atoms with Crippen LogP contribution >= 0.6 is 35.1 Å². The van der Waals surface area contributed by atoms with E-state index in [1.165, 1.54) is 35.5 Å². The van der Waals surface area contributed by atoms with Crippen LogP contribution in [0.15, 0.2) is 23.1 Å². The zero-order chi connectivity index (χ0) is 12.6. The Balaban J connectivity index is 1.72. The summed E-state index contributed by atoms with van der Waals surface area (Å²) in [6, 6.07) is 6.79. The van der Waals surface area contributed by atoms with Crippen LogP contribution in [0, 0.1) is 0 Å². The van der Waals surface area contributed by atoms with Crippen molar-refractivity contribution in [2.75, 3.05) is 18.6 Å². The summed E-state index contributed by atoms with van der Waals surface area (Å²) >= 11 is 10.1. The van der Waals surface area contributed by atoms with Crippen LogP contribution in [0.3, 0.4) is 0 Å². The molecule has 1 aromatic rings. The maximum absolute atomic E-state index is 6.13. The molecule has 1 fully saturated rings. The van der Waals surface area contributed by atoms with Gasteiger partial charge in [0.2, 0.25) is 0 Å². The molecular weight excluding hydrogens is 282 g/mol. The van der Waals surface area contributed by atoms with Gasteiger partial charge in [-0.05, 0) is 55.0 Å². The number of rotatable bonds is 4. The molecule has 1 heterocycles. The van der Waals surface area contributed by atoms with Gasteiger partial charge < -0.3 is 5.32 Å². The minimum absolute atomic E-state index is 0.490. The number of thioether (sulfide) groups is 2. The molecule has 1 unspecified atom stereocenters. The molecule has 98 valence electrons. The van der Waals surface area contributed by atoms with Crippen LogP contribution in [0.25, 0.3) is 0 Å². The van der Waals surface area contributed by atoms with Crippen LogP contribution in [0.1, 0.15) is 30.9 Å². The van der Waals surface area contributed by atoms with Crippen molar-refractivity contribution in [3.63, 3.8) is 0 Å². The molecule has 2 aliphatic rings. The van der Waals surface area contributed by atoms with Crippen LogP contribution < -0.4 is 5.32 Å². The van der Waals surface area contributed by atoms with Crippen molar-refractivity contribution in [2.45, 2.75) is 34.9 Å². The molecule has 1 nitrogen and oxygen atoms in total. The van der Waals surface area contributed by atoms with Gasteiger partial charge in [-0.1, -0.05) is 11.6 Å². The summed E-state index contributed by atoms with van der Waals surface area (Å²) in [4.78, 5) is 1.40. The monoisotopic (exact) mass is 299 g/mol. The normalized spacial score (nSPS) is 24.7. The van der Waals surface area contributed by atoms with E-state index in [0.29, 0.717) is 10.8 Å². The number of benzene rings is 1. The lowest BCUT2D eigenvalue weighted by Crippen LogP contribution is -2.31. The van der Waals surface area contributed by atoms with Crippen LogP contribution in [-0.2, 0) is 0 Å². The lowest BCUT2D eigenvalue weighted by Gasteiger charge is -2.28. The van der Waals surface area contributed by atoms with Crippen LogP contribution in [0.5, 0.6) is 0 Å². The molecule has 1 saturated carbocycles. The topological polar surface area (TPSA) is 12.0 Å². The quantitative estimate of drug-likeness (QED) is 0.887. The largest absolute Gasteiger partial charge is 0.308 e. The van der Waals surface area contributed by atoms with Gasteiger partial charge in [-0.3, -0.25) is 0 Å². The van der Waals surface area contributed by atoms with Gasteiger partial charge >= 0.3 is 0 Å². The van der Waals surface area contributed by atoms with E-state index >= 15 is 0 Å². The van der Waals surface area contributed by atoms with E-state index in [4.69, 9.17) is 11.6 Å². The van der Waals surface area contributed by atoms with E-state index in [1.807, 2.05) is 29.6 Å². The first kappa shape index (κ1) is 13.2. The third-order valence-corrected chi connectivity index (χ3v) is 6.70. The molecule has 1 aliphatic carbocycles. The summed E-state index contributed by atoms with van der Waals surface area (Å²) < 4.78 is 0.531. The number of fused-ring (bicyclic) bond motifs is 1. The Bertz CT molecular complexity index is 445. The molecule has 0 amide bonds. The van der Waals surface area contributed by atoms with Gasteiger partial charge in [-0.2, -0.15) is 11.8 Å². The molecule has 3 rings (SSSR count). The molecule has 1 N–H and O–H groups in total. The molecule has 0 radical (unpaired) electrons. The number of nitrogens with one attached hydrogen (secondary N) is 1. The highest BCUT2D eigenvalue weighted by Crippen LogP contribution is 2.47. The fourth-order valence-electron chi connectivity index (χ4n) is 2.48. The first-order valence-electron chi connectivity index (χ1n) is 6.43. The van der Waals surface area contributed by atoms with E-state index < -0.39 is 0 Å². The van der Waals surface area contributed by atoms with Crippen molar-refractivity contribution in [2.24, 2.45) is 0 Å². The lowest BCUT2D eigenvalue weighted by molar-refractivity contribution is 0.505. The second kappa shape index (κ2) is 5.28. The average molecular weight is 300 g/mol. The highest BCUT2D eigenvalue weighted by atomic mass is 35.5. The van der Waals surface area contributed by atoms with Crippen molar-refractivity contribution in [1.29, 1.82) is 0 Å². The van der Waals surface area contributed by atoms with E-state index in [2.05, 4.69) is 23.7 Å². The van der Waals surface area contributed by atoms with E-state index in [9.17, 15) is 0 Å². The summed E-state index contributed by atoms with van der Waals surface area (Å²) in [6.45, 7) is 1.13. The first-order valence-corrected chi connectivity index (χ1v) is 9.02. The van der Waals surface area contributed by atoms with Crippen molar-refractivity contribution < 1.29 is 0 Å². The standard InChI is InChI=1S/C14H18ClNS2/c1-17-14(5-6-14)9-16-12-4-7-18-13-3-2-10(15)8-11(12)13/h2-3,8,12,16H,4-7,9H2,1H3. The van der Waals surface area contributed by atoms with Crippen molar-refractivity contribution in [3.05, 3.63) is 28.8 Å². The van der Waals surface area contributed by atoms with Gasteiger partial charge in [0.15, 0.2) is 0 Å². The smallest absolute Gasteiger partial charge is 0.0410 e. The van der Waals surface area contributed by atoms with Crippen LogP contribution in [-0.4, -0.2) is 23.3 Å². The van der Waals surface area contributed by atoms with E-state index in [1.54, 1.807) is 0 Å². The third-order valence-electron chi connectivity index (χ3n) is 3.92. The Kier molecular flexibility index (Phi) is 3.86. The highest BCUT2D eigenvalue weighted by Gasteiger charge is 2.42. The molecular formula is C14H18ClNS2. The summed E-state index contributed by atoms with van der Waals surface area (Å²) in [6.07, 6.45) is 6.18. The molecule has 0 aromatic heterocycles. The second-order valence-electron chi connectivity index (χ2n) is 5.14. The Morgan fingerprint density at radius 3 is 3.06 bits per heavy atom. The Hall–Kier alpha value is 0.170. The highest BCUT2D eigenvalue weighted by molar-refractivity contribution is 8.00. The zero-order valence-electron chi connectivity index (χ0n) is 10.5. The second-order valence-corrected chi connectivity index (χ2v) is 7.99. The number of halogens is 1. The zero-order valence-corrected chi connectivity index (χ0v) is 12.9. The SMILES string of the molecule is CSC1(CNC2CCSc3ccc(Cl)cc32)CC1. The van der Waals surface area contributed by atoms with Crippen molar-refractivity contribution in [3.8, 4) is 0 Å². The molecule has 0 saturated heterocycles. The number of hydrogen-bond acceptors (Lipinski definition) is 3. The minimum Gasteiger partial charge on any atom is -0.308 e. The molecule has 18 heavy (non-hydrogen) atoms.